The van der Waals surface area contributed by atoms with Crippen molar-refractivity contribution in [1.29, 1.82) is 0 Å². The minimum absolute atomic E-state index is 0.178. The van der Waals surface area contributed by atoms with Crippen LogP contribution in [0.25, 0.3) is 0 Å². The standard InChI is InChI=1S/C11H20N2O3S/c1-2-9(11(15)16)13-10(14)7-17-8-3-5-12-6-4-8/h8-9,12H,2-7H2,1H3,(H,13,14)(H,15,16)/t9-/m0/s1. The zero-order valence-corrected chi connectivity index (χ0v) is 10.9. The first-order valence-corrected chi connectivity index (χ1v) is 7.02. The number of aliphatic carboxylic acids is 1. The Kier molecular flexibility index (Phi) is 6.36. The molecule has 17 heavy (non-hydrogen) atoms. The first-order chi connectivity index (χ1) is 8.13. The van der Waals surface area contributed by atoms with Crippen LogP contribution in [0.4, 0.5) is 0 Å². The molecule has 0 bridgehead atoms. The maximum atomic E-state index is 11.5. The van der Waals surface area contributed by atoms with Gasteiger partial charge in [0.1, 0.15) is 6.04 Å². The molecular weight excluding hydrogens is 240 g/mol. The number of hydrogen-bond donors (Lipinski definition) is 3. The van der Waals surface area contributed by atoms with Crippen LogP contribution in [0.1, 0.15) is 26.2 Å². The molecular formula is C11H20N2O3S. The molecule has 3 N–H and O–H groups in total. The number of nitrogens with one attached hydrogen (secondary N) is 2. The van der Waals surface area contributed by atoms with E-state index in [4.69, 9.17) is 5.11 Å². The van der Waals surface area contributed by atoms with Crippen molar-refractivity contribution >= 4 is 23.6 Å². The molecule has 1 heterocycles. The highest BCUT2D eigenvalue weighted by Crippen LogP contribution is 2.19. The van der Waals surface area contributed by atoms with Crippen LogP contribution in [0, 0.1) is 0 Å². The molecule has 0 spiro atoms. The molecule has 0 aliphatic carbocycles. The van der Waals surface area contributed by atoms with Crippen molar-refractivity contribution in [2.75, 3.05) is 18.8 Å². The highest BCUT2D eigenvalue weighted by Gasteiger charge is 2.19. The molecule has 5 nitrogen and oxygen atoms in total. The minimum Gasteiger partial charge on any atom is -0.480 e. The molecule has 6 heteroatoms. The highest BCUT2D eigenvalue weighted by molar-refractivity contribution is 8.00. The summed E-state index contributed by atoms with van der Waals surface area (Å²) in [7, 11) is 0. The summed E-state index contributed by atoms with van der Waals surface area (Å²) >= 11 is 1.62. The molecule has 98 valence electrons. The van der Waals surface area contributed by atoms with Gasteiger partial charge in [0.2, 0.25) is 5.91 Å². The second kappa shape index (κ2) is 7.55. The molecule has 0 aromatic carbocycles. The van der Waals surface area contributed by atoms with Crippen molar-refractivity contribution in [3.8, 4) is 0 Å². The predicted octanol–water partition coefficient (Wildman–Crippen LogP) is 0.451. The molecule has 1 amide bonds. The summed E-state index contributed by atoms with van der Waals surface area (Å²) in [5, 5.41) is 15.1. The van der Waals surface area contributed by atoms with Gasteiger partial charge in [0.15, 0.2) is 0 Å². The van der Waals surface area contributed by atoms with Crippen molar-refractivity contribution in [3.63, 3.8) is 0 Å². The van der Waals surface area contributed by atoms with Crippen LogP contribution in [0.5, 0.6) is 0 Å². The number of piperidine rings is 1. The number of amides is 1. The normalized spacial score (nSPS) is 18.6. The van der Waals surface area contributed by atoms with Crippen molar-refractivity contribution in [2.45, 2.75) is 37.5 Å². The lowest BCUT2D eigenvalue weighted by molar-refractivity contribution is -0.141. The fraction of sp³-hybridized carbons (Fsp3) is 0.818. The van der Waals surface area contributed by atoms with Gasteiger partial charge < -0.3 is 15.7 Å². The fourth-order valence-corrected chi connectivity index (χ4v) is 2.77. The van der Waals surface area contributed by atoms with Gasteiger partial charge in [-0.3, -0.25) is 4.79 Å². The van der Waals surface area contributed by atoms with Gasteiger partial charge in [0.25, 0.3) is 0 Å². The molecule has 1 fully saturated rings. The van der Waals surface area contributed by atoms with E-state index in [-0.39, 0.29) is 5.91 Å². The van der Waals surface area contributed by atoms with E-state index in [2.05, 4.69) is 10.6 Å². The monoisotopic (exact) mass is 260 g/mol. The van der Waals surface area contributed by atoms with Crippen LogP contribution < -0.4 is 10.6 Å². The van der Waals surface area contributed by atoms with E-state index in [0.717, 1.165) is 25.9 Å². The Balaban J connectivity index is 2.21. The second-order valence-electron chi connectivity index (χ2n) is 4.13. The highest BCUT2D eigenvalue weighted by atomic mass is 32.2. The predicted molar refractivity (Wildman–Crippen MR) is 68.2 cm³/mol. The number of carbonyl (C=O) groups excluding carboxylic acids is 1. The topological polar surface area (TPSA) is 78.4 Å². The first kappa shape index (κ1) is 14.3. The summed E-state index contributed by atoms with van der Waals surface area (Å²) in [6, 6.07) is -0.754. The van der Waals surface area contributed by atoms with Gasteiger partial charge >= 0.3 is 5.97 Å². The second-order valence-corrected chi connectivity index (χ2v) is 5.42. The van der Waals surface area contributed by atoms with Gasteiger partial charge in [-0.05, 0) is 32.4 Å². The maximum absolute atomic E-state index is 11.5. The Morgan fingerprint density at radius 3 is 2.65 bits per heavy atom. The lowest BCUT2D eigenvalue weighted by Crippen LogP contribution is -2.41. The van der Waals surface area contributed by atoms with E-state index in [9.17, 15) is 9.59 Å². The minimum atomic E-state index is -0.965. The maximum Gasteiger partial charge on any atom is 0.326 e. The summed E-state index contributed by atoms with van der Waals surface area (Å²) in [6.07, 6.45) is 2.57. The average Bonchev–Trinajstić information content (AvgIpc) is 2.34. The Morgan fingerprint density at radius 1 is 1.47 bits per heavy atom. The molecule has 0 aromatic heterocycles. The van der Waals surface area contributed by atoms with Gasteiger partial charge in [0, 0.05) is 5.25 Å². The third kappa shape index (κ3) is 5.41. The molecule has 1 aliphatic heterocycles. The van der Waals surface area contributed by atoms with Gasteiger partial charge in [-0.25, -0.2) is 4.79 Å². The van der Waals surface area contributed by atoms with Crippen LogP contribution in [-0.2, 0) is 9.59 Å². The van der Waals surface area contributed by atoms with Gasteiger partial charge in [-0.1, -0.05) is 6.92 Å². The van der Waals surface area contributed by atoms with Crippen LogP contribution in [0.3, 0.4) is 0 Å². The number of rotatable bonds is 6. The van der Waals surface area contributed by atoms with Crippen LogP contribution in [-0.4, -0.2) is 47.1 Å². The Hall–Kier alpha value is -0.750. The van der Waals surface area contributed by atoms with Crippen molar-refractivity contribution in [1.82, 2.24) is 10.6 Å². The Morgan fingerprint density at radius 2 is 2.12 bits per heavy atom. The summed E-state index contributed by atoms with van der Waals surface area (Å²) in [6.45, 7) is 3.76. The van der Waals surface area contributed by atoms with Gasteiger partial charge in [-0.15, -0.1) is 11.8 Å². The molecule has 1 aliphatic rings. The summed E-state index contributed by atoms with van der Waals surface area (Å²) in [4.78, 5) is 22.3. The van der Waals surface area contributed by atoms with E-state index >= 15 is 0 Å². The Bertz CT molecular complexity index is 267. The number of hydrogen-bond acceptors (Lipinski definition) is 4. The van der Waals surface area contributed by atoms with Crippen molar-refractivity contribution in [2.24, 2.45) is 0 Å². The largest absolute Gasteiger partial charge is 0.480 e. The van der Waals surface area contributed by atoms with Crippen molar-refractivity contribution < 1.29 is 14.7 Å². The van der Waals surface area contributed by atoms with Crippen LogP contribution >= 0.6 is 11.8 Å². The molecule has 0 unspecified atom stereocenters. The summed E-state index contributed by atoms with van der Waals surface area (Å²) in [5.74, 6) is -0.787. The number of thioether (sulfide) groups is 1. The number of carboxylic acid groups (broad SMARTS) is 1. The first-order valence-electron chi connectivity index (χ1n) is 5.98. The molecule has 0 radical (unpaired) electrons. The SMILES string of the molecule is CC[C@H](NC(=O)CSC1CCNCC1)C(=O)O. The zero-order valence-electron chi connectivity index (χ0n) is 10.1. The van der Waals surface area contributed by atoms with Gasteiger partial charge in [-0.2, -0.15) is 0 Å². The summed E-state index contributed by atoms with van der Waals surface area (Å²) in [5.41, 5.74) is 0. The quantitative estimate of drug-likeness (QED) is 0.646. The van der Waals surface area contributed by atoms with E-state index < -0.39 is 12.0 Å². The van der Waals surface area contributed by atoms with E-state index in [1.54, 1.807) is 18.7 Å². The molecule has 1 atom stereocenters. The third-order valence-corrected chi connectivity index (χ3v) is 4.15. The van der Waals surface area contributed by atoms with Gasteiger partial charge in [0.05, 0.1) is 5.75 Å². The smallest absolute Gasteiger partial charge is 0.326 e. The lowest BCUT2D eigenvalue weighted by atomic mass is 10.2. The van der Waals surface area contributed by atoms with E-state index in [1.807, 2.05) is 0 Å². The third-order valence-electron chi connectivity index (χ3n) is 2.78. The summed E-state index contributed by atoms with van der Waals surface area (Å²) < 4.78 is 0. The molecule has 1 saturated heterocycles. The number of carboxylic acids is 1. The average molecular weight is 260 g/mol. The molecule has 0 saturated carbocycles. The Labute approximate surface area is 106 Å². The zero-order chi connectivity index (χ0) is 12.7. The van der Waals surface area contributed by atoms with E-state index in [0.29, 0.717) is 17.4 Å². The fourth-order valence-electron chi connectivity index (χ4n) is 1.73. The number of carbonyl (C=O) groups is 2. The molecule has 0 aromatic rings. The van der Waals surface area contributed by atoms with Crippen LogP contribution in [0.15, 0.2) is 0 Å². The van der Waals surface area contributed by atoms with Crippen molar-refractivity contribution in [3.05, 3.63) is 0 Å². The van der Waals surface area contributed by atoms with E-state index in [1.165, 1.54) is 0 Å². The van der Waals surface area contributed by atoms with Crippen LogP contribution in [0.2, 0.25) is 0 Å². The lowest BCUT2D eigenvalue weighted by Gasteiger charge is -2.22. The molecule has 1 rings (SSSR count).